The van der Waals surface area contributed by atoms with Crippen molar-refractivity contribution < 1.29 is 4.79 Å². The molecule has 4 aromatic rings. The molecule has 0 radical (unpaired) electrons. The SMILES string of the molecule is CN1CC(NC(=O)N2CCc3[nH]nc(-c4ccncc4)c3C2)C(c2cccc(-c3ccccc3)c2)C1. The number of rotatable bonds is 4. The van der Waals surface area contributed by atoms with Gasteiger partial charge in [-0.05, 0) is 35.9 Å². The van der Waals surface area contributed by atoms with Gasteiger partial charge in [0.15, 0.2) is 0 Å². The first-order valence-electron chi connectivity index (χ1n) is 12.5. The number of pyridine rings is 1. The fourth-order valence-corrected chi connectivity index (χ4v) is 5.53. The fraction of sp³-hybridized carbons (Fsp3) is 0.276. The number of nitrogens with one attached hydrogen (secondary N) is 2. The molecule has 7 heteroatoms. The highest BCUT2D eigenvalue weighted by Crippen LogP contribution is 2.31. The van der Waals surface area contributed by atoms with Gasteiger partial charge in [-0.2, -0.15) is 5.10 Å². The maximum atomic E-state index is 13.5. The number of hydrogen-bond acceptors (Lipinski definition) is 4. The number of likely N-dealkylation sites (N-methyl/N-ethyl adjacent to an activating group) is 1. The molecule has 1 fully saturated rings. The third-order valence-corrected chi connectivity index (χ3v) is 7.41. The van der Waals surface area contributed by atoms with E-state index in [2.05, 4.69) is 81.0 Å². The molecule has 0 bridgehead atoms. The Morgan fingerprint density at radius 1 is 0.972 bits per heavy atom. The van der Waals surface area contributed by atoms with Crippen LogP contribution in [0.2, 0.25) is 0 Å². The quantitative estimate of drug-likeness (QED) is 0.458. The Hall–Kier alpha value is -3.97. The standard InChI is InChI=1S/C29H30N6O/c1-34-17-24(23-9-5-8-22(16-23)20-6-3-2-4-7-20)27(19-34)31-29(36)35-15-12-26-25(18-35)28(33-32-26)21-10-13-30-14-11-21/h2-11,13-14,16,24,27H,12,15,17-19H2,1H3,(H,31,36)(H,32,33). The lowest BCUT2D eigenvalue weighted by molar-refractivity contribution is 0.187. The number of amides is 2. The maximum Gasteiger partial charge on any atom is 0.317 e. The average molecular weight is 479 g/mol. The van der Waals surface area contributed by atoms with Crippen molar-refractivity contribution >= 4 is 6.03 Å². The second-order valence-corrected chi connectivity index (χ2v) is 9.81. The normalized spacial score (nSPS) is 19.8. The summed E-state index contributed by atoms with van der Waals surface area (Å²) in [7, 11) is 2.12. The summed E-state index contributed by atoms with van der Waals surface area (Å²) in [5, 5.41) is 11.1. The summed E-state index contributed by atoms with van der Waals surface area (Å²) in [6.07, 6.45) is 4.31. The molecule has 0 aliphatic carbocycles. The Balaban J connectivity index is 1.19. The van der Waals surface area contributed by atoms with Crippen molar-refractivity contribution in [2.75, 3.05) is 26.7 Å². The van der Waals surface area contributed by atoms with Crippen LogP contribution in [0.25, 0.3) is 22.4 Å². The highest BCUT2D eigenvalue weighted by molar-refractivity contribution is 5.76. The second kappa shape index (κ2) is 9.59. The van der Waals surface area contributed by atoms with Crippen molar-refractivity contribution in [3.05, 3.63) is 95.9 Å². The van der Waals surface area contributed by atoms with Crippen molar-refractivity contribution in [3.63, 3.8) is 0 Å². The van der Waals surface area contributed by atoms with Crippen LogP contribution in [-0.2, 0) is 13.0 Å². The molecular weight excluding hydrogens is 448 g/mol. The zero-order valence-corrected chi connectivity index (χ0v) is 20.4. The fourth-order valence-electron chi connectivity index (χ4n) is 5.53. The molecule has 2 aromatic carbocycles. The topological polar surface area (TPSA) is 77.2 Å². The van der Waals surface area contributed by atoms with E-state index >= 15 is 0 Å². The lowest BCUT2D eigenvalue weighted by Gasteiger charge is -2.30. The first kappa shape index (κ1) is 22.5. The first-order valence-corrected chi connectivity index (χ1v) is 12.5. The lowest BCUT2D eigenvalue weighted by Crippen LogP contribution is -2.48. The van der Waals surface area contributed by atoms with Gasteiger partial charge in [0.25, 0.3) is 0 Å². The molecule has 0 saturated carbocycles. The molecule has 2 N–H and O–H groups in total. The van der Waals surface area contributed by atoms with Crippen molar-refractivity contribution in [3.8, 4) is 22.4 Å². The second-order valence-electron chi connectivity index (χ2n) is 9.81. The molecule has 0 spiro atoms. The summed E-state index contributed by atoms with van der Waals surface area (Å²) in [5.74, 6) is 0.240. The number of hydrogen-bond donors (Lipinski definition) is 2. The Bertz CT molecular complexity index is 1350. The van der Waals surface area contributed by atoms with Crippen molar-refractivity contribution in [2.45, 2.75) is 24.9 Å². The van der Waals surface area contributed by atoms with Gasteiger partial charge in [-0.1, -0.05) is 54.6 Å². The summed E-state index contributed by atoms with van der Waals surface area (Å²) in [5.41, 5.74) is 7.81. The number of H-pyrrole nitrogens is 1. The number of likely N-dealkylation sites (tertiary alicyclic amines) is 1. The Labute approximate surface area is 211 Å². The van der Waals surface area contributed by atoms with Gasteiger partial charge in [0.2, 0.25) is 0 Å². The van der Waals surface area contributed by atoms with E-state index in [-0.39, 0.29) is 18.0 Å². The van der Waals surface area contributed by atoms with Gasteiger partial charge in [-0.3, -0.25) is 10.1 Å². The van der Waals surface area contributed by atoms with Crippen molar-refractivity contribution in [1.82, 2.24) is 30.3 Å². The molecule has 2 amide bonds. The first-order chi connectivity index (χ1) is 17.7. The summed E-state index contributed by atoms with van der Waals surface area (Å²) >= 11 is 0. The van der Waals surface area contributed by atoms with Gasteiger partial charge in [-0.15, -0.1) is 0 Å². The Morgan fingerprint density at radius 2 is 1.78 bits per heavy atom. The predicted octanol–water partition coefficient (Wildman–Crippen LogP) is 4.30. The molecule has 182 valence electrons. The van der Waals surface area contributed by atoms with Gasteiger partial charge in [0.1, 0.15) is 0 Å². The molecule has 2 aliphatic heterocycles. The molecule has 2 aromatic heterocycles. The molecule has 2 unspecified atom stereocenters. The number of aromatic amines is 1. The van der Waals surface area contributed by atoms with Gasteiger partial charge in [0, 0.05) is 61.2 Å². The average Bonchev–Trinajstić information content (AvgIpc) is 3.52. The number of fused-ring (bicyclic) bond motifs is 1. The van der Waals surface area contributed by atoms with Crippen LogP contribution in [0.1, 0.15) is 22.7 Å². The van der Waals surface area contributed by atoms with Gasteiger partial charge in [0.05, 0.1) is 18.3 Å². The number of carbonyl (C=O) groups is 1. The Morgan fingerprint density at radius 3 is 2.61 bits per heavy atom. The number of urea groups is 1. The van der Waals surface area contributed by atoms with Crippen molar-refractivity contribution in [1.29, 1.82) is 0 Å². The smallest absolute Gasteiger partial charge is 0.317 e. The Kier molecular flexibility index (Phi) is 5.99. The molecule has 6 rings (SSSR count). The van der Waals surface area contributed by atoms with Crippen molar-refractivity contribution in [2.24, 2.45) is 0 Å². The monoisotopic (exact) mass is 478 g/mol. The highest BCUT2D eigenvalue weighted by atomic mass is 16.2. The van der Waals surface area contributed by atoms with Crippen LogP contribution in [0.5, 0.6) is 0 Å². The zero-order valence-electron chi connectivity index (χ0n) is 20.4. The van der Waals surface area contributed by atoms with Crippen LogP contribution in [-0.4, -0.2) is 63.7 Å². The van der Waals surface area contributed by atoms with E-state index in [0.29, 0.717) is 13.1 Å². The van der Waals surface area contributed by atoms with Crippen LogP contribution in [0.3, 0.4) is 0 Å². The minimum atomic E-state index is -0.00737. The predicted molar refractivity (Wildman–Crippen MR) is 140 cm³/mol. The number of benzene rings is 2. The molecular formula is C29H30N6O. The number of aromatic nitrogens is 3. The van der Waals surface area contributed by atoms with E-state index in [1.165, 1.54) is 16.7 Å². The third kappa shape index (κ3) is 4.38. The van der Waals surface area contributed by atoms with E-state index in [1.54, 1.807) is 12.4 Å². The molecule has 2 atom stereocenters. The van der Waals surface area contributed by atoms with E-state index in [4.69, 9.17) is 0 Å². The molecule has 4 heterocycles. The van der Waals surface area contributed by atoms with Gasteiger partial charge in [-0.25, -0.2) is 4.79 Å². The maximum absolute atomic E-state index is 13.5. The van der Waals surface area contributed by atoms with Crippen LogP contribution >= 0.6 is 0 Å². The summed E-state index contributed by atoms with van der Waals surface area (Å²) < 4.78 is 0. The highest BCUT2D eigenvalue weighted by Gasteiger charge is 2.35. The van der Waals surface area contributed by atoms with Crippen LogP contribution in [0.15, 0.2) is 79.1 Å². The van der Waals surface area contributed by atoms with Gasteiger partial charge >= 0.3 is 6.03 Å². The third-order valence-electron chi connectivity index (χ3n) is 7.41. The number of carbonyl (C=O) groups excluding carboxylic acids is 1. The molecule has 2 aliphatic rings. The molecule has 7 nitrogen and oxygen atoms in total. The lowest BCUT2D eigenvalue weighted by atomic mass is 9.91. The van der Waals surface area contributed by atoms with Crippen LogP contribution in [0, 0.1) is 0 Å². The molecule has 1 saturated heterocycles. The summed E-state index contributed by atoms with van der Waals surface area (Å²) in [6, 6.07) is 23.2. The number of nitrogens with zero attached hydrogens (tertiary/aromatic N) is 4. The van der Waals surface area contributed by atoms with E-state index in [1.807, 2.05) is 23.1 Å². The minimum Gasteiger partial charge on any atom is -0.333 e. The van der Waals surface area contributed by atoms with E-state index in [0.717, 1.165) is 42.0 Å². The summed E-state index contributed by atoms with van der Waals surface area (Å²) in [4.78, 5) is 21.8. The summed E-state index contributed by atoms with van der Waals surface area (Å²) in [6.45, 7) is 2.97. The van der Waals surface area contributed by atoms with Crippen LogP contribution < -0.4 is 5.32 Å². The van der Waals surface area contributed by atoms with E-state index in [9.17, 15) is 4.79 Å². The van der Waals surface area contributed by atoms with Gasteiger partial charge < -0.3 is 15.1 Å². The minimum absolute atomic E-state index is 0.00737. The largest absolute Gasteiger partial charge is 0.333 e. The zero-order chi connectivity index (χ0) is 24.5. The van der Waals surface area contributed by atoms with E-state index < -0.39 is 0 Å². The molecule has 36 heavy (non-hydrogen) atoms. The van der Waals surface area contributed by atoms with Crippen LogP contribution in [0.4, 0.5) is 4.79 Å².